The number of rotatable bonds is 6. The molecule has 0 spiro atoms. The first-order chi connectivity index (χ1) is 18.2. The zero-order valence-electron chi connectivity index (χ0n) is 19.4. The SMILES string of the molecule is CC(=O)Nc1ccc(F)c(NC(=O)c2cc(NC(=O)C3[C@H](c4cc(Cl)c(Cl)c(Cl)c4)C3(Cl)Cl)ccc2Cl)c1F. The number of benzene rings is 3. The molecule has 1 aliphatic carbocycles. The molecule has 0 bridgehead atoms. The fourth-order valence-electron chi connectivity index (χ4n) is 3.95. The Bertz CT molecular complexity index is 1510. The molecule has 3 amide bonds. The monoisotopic (exact) mass is 653 g/mol. The van der Waals surface area contributed by atoms with E-state index in [2.05, 4.69) is 16.0 Å². The molecular formula is C25H15Cl6F2N3O3. The Kier molecular flexibility index (Phi) is 8.57. The van der Waals surface area contributed by atoms with E-state index in [1.807, 2.05) is 0 Å². The van der Waals surface area contributed by atoms with Crippen LogP contribution in [0.5, 0.6) is 0 Å². The van der Waals surface area contributed by atoms with Crippen LogP contribution in [-0.4, -0.2) is 22.1 Å². The molecule has 1 fully saturated rings. The lowest BCUT2D eigenvalue weighted by atomic mass is 10.1. The third kappa shape index (κ3) is 6.06. The molecule has 3 N–H and O–H groups in total. The van der Waals surface area contributed by atoms with Crippen molar-refractivity contribution in [1.82, 2.24) is 0 Å². The van der Waals surface area contributed by atoms with Crippen molar-refractivity contribution >= 4 is 104 Å². The van der Waals surface area contributed by atoms with Gasteiger partial charge in [0.1, 0.15) is 15.8 Å². The van der Waals surface area contributed by atoms with E-state index < -0.39 is 51.2 Å². The van der Waals surface area contributed by atoms with Crippen molar-refractivity contribution in [2.24, 2.45) is 5.92 Å². The van der Waals surface area contributed by atoms with Gasteiger partial charge in [0.15, 0.2) is 5.82 Å². The zero-order chi connectivity index (χ0) is 28.8. The van der Waals surface area contributed by atoms with Crippen molar-refractivity contribution < 1.29 is 23.2 Å². The first kappa shape index (κ1) is 29.6. The molecule has 14 heteroatoms. The Morgan fingerprint density at radius 3 is 2.10 bits per heavy atom. The van der Waals surface area contributed by atoms with Crippen molar-refractivity contribution in [2.45, 2.75) is 17.2 Å². The van der Waals surface area contributed by atoms with Gasteiger partial charge in [0.25, 0.3) is 5.91 Å². The highest BCUT2D eigenvalue weighted by atomic mass is 35.5. The smallest absolute Gasteiger partial charge is 0.257 e. The highest BCUT2D eigenvalue weighted by Gasteiger charge is 2.67. The van der Waals surface area contributed by atoms with Crippen LogP contribution in [0.25, 0.3) is 0 Å². The van der Waals surface area contributed by atoms with Crippen molar-refractivity contribution in [3.05, 3.63) is 85.3 Å². The number of carbonyl (C=O) groups is 3. The molecule has 1 saturated carbocycles. The summed E-state index contributed by atoms with van der Waals surface area (Å²) >= 11 is 37.1. The summed E-state index contributed by atoms with van der Waals surface area (Å²) in [4.78, 5) is 37.2. The summed E-state index contributed by atoms with van der Waals surface area (Å²) in [6, 6.07) is 8.84. The van der Waals surface area contributed by atoms with E-state index in [9.17, 15) is 23.2 Å². The molecule has 0 radical (unpaired) electrons. The number of amides is 3. The van der Waals surface area contributed by atoms with Crippen LogP contribution in [0.1, 0.15) is 28.8 Å². The quantitative estimate of drug-likeness (QED) is 0.184. The third-order valence-corrected chi connectivity index (χ3v) is 8.29. The van der Waals surface area contributed by atoms with Gasteiger partial charge >= 0.3 is 0 Å². The van der Waals surface area contributed by atoms with Crippen molar-refractivity contribution in [3.63, 3.8) is 0 Å². The summed E-state index contributed by atoms with van der Waals surface area (Å²) in [7, 11) is 0. The summed E-state index contributed by atoms with van der Waals surface area (Å²) in [5.41, 5.74) is -0.707. The molecule has 3 aromatic carbocycles. The number of hydrogen-bond acceptors (Lipinski definition) is 3. The van der Waals surface area contributed by atoms with E-state index in [1.165, 1.54) is 30.3 Å². The number of carbonyl (C=O) groups excluding carboxylic acids is 3. The van der Waals surface area contributed by atoms with Crippen LogP contribution < -0.4 is 16.0 Å². The van der Waals surface area contributed by atoms with Gasteiger partial charge in [0, 0.05) is 18.5 Å². The minimum Gasteiger partial charge on any atom is -0.326 e. The first-order valence-electron chi connectivity index (χ1n) is 10.9. The van der Waals surface area contributed by atoms with E-state index in [-0.39, 0.29) is 37.0 Å². The zero-order valence-corrected chi connectivity index (χ0v) is 24.0. The van der Waals surface area contributed by atoms with Crippen molar-refractivity contribution in [2.75, 3.05) is 16.0 Å². The van der Waals surface area contributed by atoms with E-state index in [1.54, 1.807) is 0 Å². The van der Waals surface area contributed by atoms with Crippen LogP contribution in [0.2, 0.25) is 20.1 Å². The largest absolute Gasteiger partial charge is 0.326 e. The lowest BCUT2D eigenvalue weighted by molar-refractivity contribution is -0.117. The second kappa shape index (κ2) is 11.3. The minimum atomic E-state index is -1.48. The fourth-order valence-corrected chi connectivity index (χ4v) is 5.60. The molecule has 4 rings (SSSR count). The average Bonchev–Trinajstić information content (AvgIpc) is 3.44. The number of anilines is 3. The third-order valence-electron chi connectivity index (χ3n) is 5.82. The molecule has 39 heavy (non-hydrogen) atoms. The number of halogens is 8. The molecule has 3 aromatic rings. The van der Waals surface area contributed by atoms with Gasteiger partial charge in [0.05, 0.1) is 37.3 Å². The topological polar surface area (TPSA) is 87.3 Å². The summed E-state index contributed by atoms with van der Waals surface area (Å²) in [5, 5.41) is 7.32. The Hall–Kier alpha value is -2.33. The van der Waals surface area contributed by atoms with Gasteiger partial charge in [-0.1, -0.05) is 46.4 Å². The van der Waals surface area contributed by atoms with Gasteiger partial charge in [-0.05, 0) is 48.0 Å². The highest BCUT2D eigenvalue weighted by molar-refractivity contribution is 6.54. The highest BCUT2D eigenvalue weighted by Crippen LogP contribution is 2.65. The van der Waals surface area contributed by atoms with Crippen LogP contribution in [0, 0.1) is 17.6 Å². The van der Waals surface area contributed by atoms with E-state index in [0.29, 0.717) is 5.56 Å². The van der Waals surface area contributed by atoms with Crippen LogP contribution in [0.3, 0.4) is 0 Å². The molecular weight excluding hydrogens is 641 g/mol. The number of alkyl halides is 2. The summed E-state index contributed by atoms with van der Waals surface area (Å²) in [6.07, 6.45) is 0. The molecule has 2 atom stereocenters. The van der Waals surface area contributed by atoms with Crippen LogP contribution in [-0.2, 0) is 9.59 Å². The molecule has 0 heterocycles. The molecule has 204 valence electrons. The molecule has 1 aliphatic rings. The van der Waals surface area contributed by atoms with E-state index >= 15 is 0 Å². The fraction of sp³-hybridized carbons (Fsp3) is 0.160. The van der Waals surface area contributed by atoms with Gasteiger partial charge in [-0.3, -0.25) is 14.4 Å². The van der Waals surface area contributed by atoms with Gasteiger partial charge in [0.2, 0.25) is 11.8 Å². The second-order valence-electron chi connectivity index (χ2n) is 8.53. The van der Waals surface area contributed by atoms with E-state index in [4.69, 9.17) is 69.6 Å². The van der Waals surface area contributed by atoms with Gasteiger partial charge in [-0.2, -0.15) is 0 Å². The Balaban J connectivity index is 1.54. The van der Waals surface area contributed by atoms with E-state index in [0.717, 1.165) is 19.1 Å². The molecule has 1 unspecified atom stereocenters. The maximum absolute atomic E-state index is 14.7. The van der Waals surface area contributed by atoms with Gasteiger partial charge < -0.3 is 16.0 Å². The molecule has 6 nitrogen and oxygen atoms in total. The van der Waals surface area contributed by atoms with Gasteiger partial charge in [-0.15, -0.1) is 23.2 Å². The number of hydrogen-bond donors (Lipinski definition) is 3. The summed E-state index contributed by atoms with van der Waals surface area (Å²) < 4.78 is 27.6. The summed E-state index contributed by atoms with van der Waals surface area (Å²) in [5.74, 6) is -6.01. The molecule has 0 saturated heterocycles. The van der Waals surface area contributed by atoms with Gasteiger partial charge in [-0.25, -0.2) is 8.78 Å². The second-order valence-corrected chi connectivity index (χ2v) is 11.6. The lowest BCUT2D eigenvalue weighted by Gasteiger charge is -2.13. The lowest BCUT2D eigenvalue weighted by Crippen LogP contribution is -2.19. The van der Waals surface area contributed by atoms with Crippen LogP contribution in [0.15, 0.2) is 42.5 Å². The van der Waals surface area contributed by atoms with Crippen molar-refractivity contribution in [1.29, 1.82) is 0 Å². The Labute approximate surface area is 250 Å². The minimum absolute atomic E-state index is 0.0666. The van der Waals surface area contributed by atoms with Crippen molar-refractivity contribution in [3.8, 4) is 0 Å². The van der Waals surface area contributed by atoms with Crippen LogP contribution in [0.4, 0.5) is 25.8 Å². The standard InChI is InChI=1S/C25H15Cl6F2N3O3/c1-9(37)34-17-5-4-16(32)22(21(17)33)36-23(38)12-8-11(2-3-13(12)26)35-24(39)19-18(25(19,30)31)10-6-14(27)20(29)15(28)7-10/h2-8,18-19H,1H3,(H,34,37)(H,35,39)(H,36,38)/t18-,19?/m0/s1. The molecule has 0 aliphatic heterocycles. The summed E-state index contributed by atoms with van der Waals surface area (Å²) in [6.45, 7) is 1.14. The Morgan fingerprint density at radius 1 is 0.846 bits per heavy atom. The Morgan fingerprint density at radius 2 is 1.49 bits per heavy atom. The average molecular weight is 656 g/mol. The maximum Gasteiger partial charge on any atom is 0.257 e. The number of nitrogens with one attached hydrogen (secondary N) is 3. The predicted octanol–water partition coefficient (Wildman–Crippen LogP) is 8.32. The van der Waals surface area contributed by atoms with Crippen LogP contribution >= 0.6 is 69.6 Å². The normalized spacial score (nSPS) is 17.4. The molecule has 0 aromatic heterocycles. The first-order valence-corrected chi connectivity index (χ1v) is 13.2. The predicted molar refractivity (Wildman–Crippen MR) is 151 cm³/mol. The maximum atomic E-state index is 14.7.